The Bertz CT molecular complexity index is 869. The predicted molar refractivity (Wildman–Crippen MR) is 115 cm³/mol. The summed E-state index contributed by atoms with van der Waals surface area (Å²) in [4.78, 5) is 35.9. The number of ether oxygens (including phenoxy) is 1. The van der Waals surface area contributed by atoms with E-state index >= 15 is 0 Å². The molecule has 0 saturated carbocycles. The number of rotatable bonds is 9. The average molecular weight is 462 g/mol. The highest BCUT2D eigenvalue weighted by Gasteiger charge is 2.09. The highest BCUT2D eigenvalue weighted by molar-refractivity contribution is 9.10. The van der Waals surface area contributed by atoms with Gasteiger partial charge in [-0.15, -0.1) is 0 Å². The van der Waals surface area contributed by atoms with Crippen molar-refractivity contribution in [1.82, 2.24) is 10.6 Å². The van der Waals surface area contributed by atoms with Crippen LogP contribution in [0.4, 0.5) is 5.69 Å². The third kappa shape index (κ3) is 7.57. The second kappa shape index (κ2) is 11.2. The van der Waals surface area contributed by atoms with Gasteiger partial charge in [-0.05, 0) is 61.4 Å². The first-order chi connectivity index (χ1) is 13.9. The summed E-state index contributed by atoms with van der Waals surface area (Å²) < 4.78 is 5.98. The molecule has 0 heterocycles. The Morgan fingerprint density at radius 2 is 1.72 bits per heavy atom. The van der Waals surface area contributed by atoms with Gasteiger partial charge in [0, 0.05) is 28.7 Å². The zero-order valence-electron chi connectivity index (χ0n) is 16.4. The minimum Gasteiger partial charge on any atom is -0.497 e. The van der Waals surface area contributed by atoms with Gasteiger partial charge in [0.05, 0.1) is 13.7 Å². The molecule has 2 aromatic carbocycles. The number of hydrogen-bond acceptors (Lipinski definition) is 4. The molecule has 0 aliphatic rings. The van der Waals surface area contributed by atoms with Crippen molar-refractivity contribution in [2.45, 2.75) is 19.8 Å². The Labute approximate surface area is 178 Å². The number of amides is 3. The standard InChI is InChI=1S/C21H24BrN3O4/c1-14-12-16(22)7-10-18(14)25-20(27)13-24-19(26)4-3-11-23-21(28)15-5-8-17(29-2)9-6-15/h5-10,12H,3-4,11,13H2,1-2H3,(H,23,28)(H,24,26)(H,25,27). The Morgan fingerprint density at radius 3 is 2.38 bits per heavy atom. The zero-order chi connectivity index (χ0) is 21.2. The molecule has 29 heavy (non-hydrogen) atoms. The van der Waals surface area contributed by atoms with Gasteiger partial charge in [-0.3, -0.25) is 14.4 Å². The van der Waals surface area contributed by atoms with Crippen molar-refractivity contribution in [3.8, 4) is 5.75 Å². The van der Waals surface area contributed by atoms with Crippen molar-refractivity contribution in [3.63, 3.8) is 0 Å². The highest BCUT2D eigenvalue weighted by Crippen LogP contribution is 2.19. The number of anilines is 1. The van der Waals surface area contributed by atoms with E-state index in [2.05, 4.69) is 31.9 Å². The number of carbonyl (C=O) groups is 3. The van der Waals surface area contributed by atoms with Crippen LogP contribution >= 0.6 is 15.9 Å². The molecule has 0 bridgehead atoms. The van der Waals surface area contributed by atoms with E-state index < -0.39 is 0 Å². The molecule has 2 rings (SSSR count). The average Bonchev–Trinajstić information content (AvgIpc) is 2.71. The number of hydrogen-bond donors (Lipinski definition) is 3. The van der Waals surface area contributed by atoms with E-state index in [-0.39, 0.29) is 30.7 Å². The number of halogens is 1. The van der Waals surface area contributed by atoms with Crippen LogP contribution in [0.25, 0.3) is 0 Å². The molecule has 3 N–H and O–H groups in total. The summed E-state index contributed by atoms with van der Waals surface area (Å²) in [5, 5.41) is 8.10. The molecular weight excluding hydrogens is 438 g/mol. The zero-order valence-corrected chi connectivity index (χ0v) is 18.0. The number of methoxy groups -OCH3 is 1. The van der Waals surface area contributed by atoms with Gasteiger partial charge in [0.25, 0.3) is 5.91 Å². The third-order valence-corrected chi connectivity index (χ3v) is 4.62. The van der Waals surface area contributed by atoms with Crippen LogP contribution in [0.5, 0.6) is 5.75 Å². The van der Waals surface area contributed by atoms with Gasteiger partial charge in [-0.2, -0.15) is 0 Å². The minimum atomic E-state index is -0.295. The fourth-order valence-corrected chi connectivity index (χ4v) is 3.00. The van der Waals surface area contributed by atoms with Crippen LogP contribution in [0.2, 0.25) is 0 Å². The third-order valence-electron chi connectivity index (χ3n) is 4.13. The topological polar surface area (TPSA) is 96.5 Å². The summed E-state index contributed by atoms with van der Waals surface area (Å²) in [7, 11) is 1.56. The molecule has 3 amide bonds. The Morgan fingerprint density at radius 1 is 1.00 bits per heavy atom. The minimum absolute atomic E-state index is 0.105. The molecular formula is C21H24BrN3O4. The van der Waals surface area contributed by atoms with Gasteiger partial charge in [-0.1, -0.05) is 15.9 Å². The molecule has 0 radical (unpaired) electrons. The van der Waals surface area contributed by atoms with Crippen molar-refractivity contribution in [2.75, 3.05) is 25.5 Å². The Balaban J connectivity index is 1.63. The Kier molecular flexibility index (Phi) is 8.67. The smallest absolute Gasteiger partial charge is 0.251 e. The lowest BCUT2D eigenvalue weighted by atomic mass is 10.2. The van der Waals surface area contributed by atoms with Crippen molar-refractivity contribution in [1.29, 1.82) is 0 Å². The lowest BCUT2D eigenvalue weighted by Gasteiger charge is -2.10. The number of nitrogens with one attached hydrogen (secondary N) is 3. The number of benzene rings is 2. The van der Waals surface area contributed by atoms with Gasteiger partial charge < -0.3 is 20.7 Å². The van der Waals surface area contributed by atoms with E-state index in [1.54, 1.807) is 37.4 Å². The maximum absolute atomic E-state index is 12.0. The van der Waals surface area contributed by atoms with Gasteiger partial charge in [-0.25, -0.2) is 0 Å². The summed E-state index contributed by atoms with van der Waals surface area (Å²) in [5.41, 5.74) is 2.15. The maximum atomic E-state index is 12.0. The first-order valence-corrected chi connectivity index (χ1v) is 9.93. The first kappa shape index (κ1) is 22.4. The summed E-state index contributed by atoms with van der Waals surface area (Å²) in [5.74, 6) is -0.0715. The molecule has 0 saturated heterocycles. The van der Waals surface area contributed by atoms with Crippen LogP contribution in [-0.2, 0) is 9.59 Å². The largest absolute Gasteiger partial charge is 0.497 e. The van der Waals surface area contributed by atoms with E-state index in [4.69, 9.17) is 4.74 Å². The van der Waals surface area contributed by atoms with Crippen LogP contribution in [0.1, 0.15) is 28.8 Å². The summed E-state index contributed by atoms with van der Waals surface area (Å²) in [6, 6.07) is 12.3. The second-order valence-corrected chi connectivity index (χ2v) is 7.29. The van der Waals surface area contributed by atoms with Crippen molar-refractivity contribution in [2.24, 2.45) is 0 Å². The molecule has 154 valence electrons. The fraction of sp³-hybridized carbons (Fsp3) is 0.286. The van der Waals surface area contributed by atoms with E-state index in [0.717, 1.165) is 10.0 Å². The molecule has 8 heteroatoms. The Hall–Kier alpha value is -2.87. The van der Waals surface area contributed by atoms with E-state index in [0.29, 0.717) is 30.0 Å². The molecule has 2 aromatic rings. The normalized spacial score (nSPS) is 10.2. The SMILES string of the molecule is COc1ccc(C(=O)NCCCC(=O)NCC(=O)Nc2ccc(Br)cc2C)cc1. The van der Waals surface area contributed by atoms with Crippen LogP contribution < -0.4 is 20.7 Å². The van der Waals surface area contributed by atoms with Gasteiger partial charge in [0.2, 0.25) is 11.8 Å². The highest BCUT2D eigenvalue weighted by atomic mass is 79.9. The van der Waals surface area contributed by atoms with Crippen molar-refractivity contribution in [3.05, 3.63) is 58.1 Å². The van der Waals surface area contributed by atoms with Crippen LogP contribution in [-0.4, -0.2) is 37.9 Å². The summed E-state index contributed by atoms with van der Waals surface area (Å²) >= 11 is 3.37. The van der Waals surface area contributed by atoms with Gasteiger partial charge >= 0.3 is 0 Å². The molecule has 0 fully saturated rings. The summed E-state index contributed by atoms with van der Waals surface area (Å²) in [6.07, 6.45) is 0.689. The van der Waals surface area contributed by atoms with Crippen LogP contribution in [0, 0.1) is 6.92 Å². The van der Waals surface area contributed by atoms with Crippen LogP contribution in [0.3, 0.4) is 0 Å². The monoisotopic (exact) mass is 461 g/mol. The lowest BCUT2D eigenvalue weighted by molar-refractivity contribution is -0.124. The molecule has 0 aliphatic carbocycles. The molecule has 0 aromatic heterocycles. The first-order valence-electron chi connectivity index (χ1n) is 9.14. The van der Waals surface area contributed by atoms with Crippen molar-refractivity contribution < 1.29 is 19.1 Å². The molecule has 0 aliphatic heterocycles. The predicted octanol–water partition coefficient (Wildman–Crippen LogP) is 3.03. The quantitative estimate of drug-likeness (QED) is 0.500. The number of carbonyl (C=O) groups excluding carboxylic acids is 3. The van der Waals surface area contributed by atoms with Crippen molar-refractivity contribution >= 4 is 39.3 Å². The molecule has 0 unspecified atom stereocenters. The number of aryl methyl sites for hydroxylation is 1. The maximum Gasteiger partial charge on any atom is 0.251 e. The fourth-order valence-electron chi connectivity index (χ4n) is 2.52. The second-order valence-electron chi connectivity index (χ2n) is 6.37. The van der Waals surface area contributed by atoms with Gasteiger partial charge in [0.15, 0.2) is 0 Å². The lowest BCUT2D eigenvalue weighted by Crippen LogP contribution is -2.33. The van der Waals surface area contributed by atoms with E-state index in [1.165, 1.54) is 0 Å². The van der Waals surface area contributed by atoms with E-state index in [1.807, 2.05) is 19.1 Å². The molecule has 7 nitrogen and oxygen atoms in total. The van der Waals surface area contributed by atoms with Gasteiger partial charge in [0.1, 0.15) is 5.75 Å². The molecule has 0 atom stereocenters. The van der Waals surface area contributed by atoms with Crippen LogP contribution in [0.15, 0.2) is 46.9 Å². The molecule has 0 spiro atoms. The van der Waals surface area contributed by atoms with E-state index in [9.17, 15) is 14.4 Å². The summed E-state index contributed by atoms with van der Waals surface area (Å²) in [6.45, 7) is 2.15.